The minimum absolute atomic E-state index is 0.0122. The van der Waals surface area contributed by atoms with Crippen molar-refractivity contribution in [1.82, 2.24) is 19.8 Å². The molecule has 14 heteroatoms. The molecule has 0 amide bonds. The number of fused-ring (bicyclic) bond motifs is 2. The maximum atomic E-state index is 13.4. The minimum atomic E-state index is -5.70. The summed E-state index contributed by atoms with van der Waals surface area (Å²) in [7, 11) is 0. The number of aliphatic carboxylic acids is 1. The van der Waals surface area contributed by atoms with Crippen molar-refractivity contribution in [3.05, 3.63) is 35.8 Å². The van der Waals surface area contributed by atoms with E-state index >= 15 is 0 Å². The lowest BCUT2D eigenvalue weighted by Gasteiger charge is -2.22. The summed E-state index contributed by atoms with van der Waals surface area (Å²) >= 11 is 0. The van der Waals surface area contributed by atoms with Gasteiger partial charge in [-0.3, -0.25) is 15.0 Å². The number of nitrogens with zero attached hydrogens (tertiary/aromatic N) is 6. The number of carboxylic acids is 1. The first-order valence-electron chi connectivity index (χ1n) is 8.82. The Morgan fingerprint density at radius 3 is 2.65 bits per heavy atom. The molecule has 1 atom stereocenters. The van der Waals surface area contributed by atoms with Crippen molar-refractivity contribution in [3.63, 3.8) is 0 Å². The van der Waals surface area contributed by atoms with Crippen LogP contribution in [0.5, 0.6) is 0 Å². The van der Waals surface area contributed by atoms with Gasteiger partial charge in [-0.2, -0.15) is 32.1 Å². The molecule has 1 unspecified atom stereocenters. The number of hydroxylamine groups is 2. The number of pyridine rings is 1. The van der Waals surface area contributed by atoms with E-state index in [2.05, 4.69) is 20.1 Å². The zero-order valence-electron chi connectivity index (χ0n) is 15.4. The summed E-state index contributed by atoms with van der Waals surface area (Å²) in [5, 5.41) is 24.5. The molecule has 2 aliphatic rings. The lowest BCUT2D eigenvalue weighted by molar-refractivity contribution is -0.285. The maximum Gasteiger partial charge on any atom is 0.453 e. The Morgan fingerprint density at radius 1 is 1.23 bits per heavy atom. The van der Waals surface area contributed by atoms with Crippen molar-refractivity contribution in [2.75, 3.05) is 6.54 Å². The summed E-state index contributed by atoms with van der Waals surface area (Å²) in [6.45, 7) is -0.915. The Balaban J connectivity index is 1.72. The van der Waals surface area contributed by atoms with Crippen LogP contribution < -0.4 is 0 Å². The summed E-state index contributed by atoms with van der Waals surface area (Å²) in [6.07, 6.45) is -4.76. The number of halogens is 5. The Labute approximate surface area is 169 Å². The smallest absolute Gasteiger partial charge is 0.453 e. The molecule has 9 nitrogen and oxygen atoms in total. The van der Waals surface area contributed by atoms with Crippen molar-refractivity contribution in [3.8, 4) is 0 Å². The highest BCUT2D eigenvalue weighted by molar-refractivity contribution is 6.20. The number of rotatable bonds is 5. The van der Waals surface area contributed by atoms with Crippen LogP contribution in [0.2, 0.25) is 0 Å². The molecule has 31 heavy (non-hydrogen) atoms. The van der Waals surface area contributed by atoms with Crippen molar-refractivity contribution in [1.29, 1.82) is 0 Å². The monoisotopic (exact) mass is 444 g/mol. The number of carboxylic acid groups (broad SMARTS) is 1. The van der Waals surface area contributed by atoms with Gasteiger partial charge in [0.2, 0.25) is 0 Å². The predicted molar refractivity (Wildman–Crippen MR) is 94.8 cm³/mol. The van der Waals surface area contributed by atoms with E-state index < -0.39 is 37.0 Å². The van der Waals surface area contributed by atoms with Gasteiger partial charge in [0.25, 0.3) is 0 Å². The molecule has 0 aromatic carbocycles. The number of aryl methyl sites for hydroxylation is 1. The summed E-state index contributed by atoms with van der Waals surface area (Å²) in [6, 6.07) is 2.97. The molecule has 0 radical (unpaired) electrons. The minimum Gasteiger partial charge on any atom is -0.481 e. The molecule has 4 rings (SSSR count). The van der Waals surface area contributed by atoms with Gasteiger partial charge < -0.3 is 5.11 Å². The van der Waals surface area contributed by atoms with Crippen LogP contribution in [0.3, 0.4) is 0 Å². The van der Waals surface area contributed by atoms with Crippen LogP contribution in [0.4, 0.5) is 22.0 Å². The van der Waals surface area contributed by atoms with E-state index in [1.165, 1.54) is 24.5 Å². The zero-order chi connectivity index (χ0) is 22.6. The number of aromatic nitrogens is 3. The molecule has 2 aromatic heterocycles. The van der Waals surface area contributed by atoms with Crippen LogP contribution in [0.1, 0.15) is 12.1 Å². The highest BCUT2D eigenvalue weighted by Gasteiger charge is 2.56. The lowest BCUT2D eigenvalue weighted by Crippen LogP contribution is -2.38. The third kappa shape index (κ3) is 3.41. The molecule has 4 heterocycles. The first-order chi connectivity index (χ1) is 14.5. The van der Waals surface area contributed by atoms with Crippen molar-refractivity contribution in [2.45, 2.75) is 25.1 Å². The second kappa shape index (κ2) is 7.08. The van der Waals surface area contributed by atoms with Gasteiger partial charge >= 0.3 is 18.1 Å². The Hall–Kier alpha value is -3.42. The Bertz CT molecular complexity index is 1150. The van der Waals surface area contributed by atoms with Gasteiger partial charge in [-0.05, 0) is 12.1 Å². The third-order valence-electron chi connectivity index (χ3n) is 4.85. The largest absolute Gasteiger partial charge is 0.481 e. The number of amidine groups is 2. The topological polar surface area (TPSA) is 116 Å². The molecule has 0 bridgehead atoms. The van der Waals surface area contributed by atoms with E-state index in [9.17, 15) is 37.1 Å². The lowest BCUT2D eigenvalue weighted by atomic mass is 10.0. The van der Waals surface area contributed by atoms with E-state index in [-0.39, 0.29) is 40.5 Å². The highest BCUT2D eigenvalue weighted by Crippen LogP contribution is 2.38. The molecule has 0 saturated heterocycles. The van der Waals surface area contributed by atoms with Gasteiger partial charge in [0.05, 0.1) is 11.9 Å². The van der Waals surface area contributed by atoms with Crippen molar-refractivity contribution >= 4 is 28.7 Å². The van der Waals surface area contributed by atoms with Gasteiger partial charge in [0.15, 0.2) is 17.3 Å². The van der Waals surface area contributed by atoms with Gasteiger partial charge in [-0.15, -0.1) is 0 Å². The fourth-order valence-corrected chi connectivity index (χ4v) is 3.24. The van der Waals surface area contributed by atoms with Gasteiger partial charge in [-0.1, -0.05) is 0 Å². The molecule has 2 N–H and O–H groups in total. The quantitative estimate of drug-likeness (QED) is 0.685. The number of hydrogen-bond donors (Lipinski definition) is 2. The average Bonchev–Trinajstić information content (AvgIpc) is 3.28. The molecule has 2 aliphatic heterocycles. The normalized spacial score (nSPS) is 19.2. The zero-order valence-corrected chi connectivity index (χ0v) is 15.4. The molecule has 0 fully saturated rings. The summed E-state index contributed by atoms with van der Waals surface area (Å²) in [5.74, 6) is -7.33. The fraction of sp³-hybridized carbons (Fsp3) is 0.353. The summed E-state index contributed by atoms with van der Waals surface area (Å²) in [4.78, 5) is 23.3. The molecule has 164 valence electrons. The van der Waals surface area contributed by atoms with E-state index in [1.807, 2.05) is 0 Å². The van der Waals surface area contributed by atoms with E-state index in [0.29, 0.717) is 5.06 Å². The molecule has 0 saturated carbocycles. The number of aliphatic imine (C=N–C) groups is 2. The second-order valence-corrected chi connectivity index (χ2v) is 6.80. The Kier molecular flexibility index (Phi) is 4.76. The van der Waals surface area contributed by atoms with Crippen molar-refractivity contribution < 1.29 is 37.1 Å². The van der Waals surface area contributed by atoms with E-state index in [1.54, 1.807) is 0 Å². The maximum absolute atomic E-state index is 13.4. The van der Waals surface area contributed by atoms with Crippen LogP contribution in [0.25, 0.3) is 11.0 Å². The van der Waals surface area contributed by atoms with Crippen LogP contribution >= 0.6 is 0 Å². The van der Waals surface area contributed by atoms with Crippen molar-refractivity contribution in [2.24, 2.45) is 15.9 Å². The number of carbonyl (C=O) groups is 1. The molecule has 2 aromatic rings. The summed E-state index contributed by atoms with van der Waals surface area (Å²) < 4.78 is 65.1. The van der Waals surface area contributed by atoms with Crippen LogP contribution in [-0.4, -0.2) is 66.4 Å². The second-order valence-electron chi connectivity index (χ2n) is 6.80. The Morgan fingerprint density at radius 2 is 1.97 bits per heavy atom. The first kappa shape index (κ1) is 20.8. The molecule has 0 spiro atoms. The third-order valence-corrected chi connectivity index (χ3v) is 4.85. The summed E-state index contributed by atoms with van der Waals surface area (Å²) in [5.41, 5.74) is 0.140. The van der Waals surface area contributed by atoms with E-state index in [0.717, 1.165) is 4.68 Å². The average molecular weight is 444 g/mol. The number of alkyl halides is 5. The molecule has 0 aliphatic carbocycles. The molecular weight excluding hydrogens is 431 g/mol. The molecular formula is C17H13F5N6O3. The van der Waals surface area contributed by atoms with Gasteiger partial charge in [0, 0.05) is 30.9 Å². The van der Waals surface area contributed by atoms with E-state index in [4.69, 9.17) is 0 Å². The van der Waals surface area contributed by atoms with Gasteiger partial charge in [-0.25, -0.2) is 14.7 Å². The highest BCUT2D eigenvalue weighted by atomic mass is 19.4. The van der Waals surface area contributed by atoms with Gasteiger partial charge in [0.1, 0.15) is 11.6 Å². The van der Waals surface area contributed by atoms with Crippen LogP contribution in [0, 0.1) is 5.92 Å². The van der Waals surface area contributed by atoms with Crippen LogP contribution in [-0.2, 0) is 11.3 Å². The fourth-order valence-electron chi connectivity index (χ4n) is 3.24. The number of hydrogen-bond acceptors (Lipinski definition) is 7. The predicted octanol–water partition coefficient (Wildman–Crippen LogP) is 2.47. The SMILES string of the molecule is O=C(O)C1CN=C2C1=CN=C(c1nn(CCC(F)(F)C(F)(F)F)c3ncccc13)N2O. The standard InChI is InChI=1S/C17H13F5N6O3/c18-16(19,17(20,21)22)3-5-27-12-8(2-1-4-23-12)11(26-27)14-25-6-9-10(15(29)30)7-24-13(9)28(14)31/h1-2,4,6,10,31H,3,5,7H2,(H,29,30). The first-order valence-corrected chi connectivity index (χ1v) is 8.82. The van der Waals surface area contributed by atoms with Crippen LogP contribution in [0.15, 0.2) is 40.1 Å².